The van der Waals surface area contributed by atoms with Crippen LogP contribution >= 0.6 is 0 Å². The molecule has 10 heteroatoms. The van der Waals surface area contributed by atoms with Crippen molar-refractivity contribution < 1.29 is 28.9 Å². The minimum Gasteiger partial charge on any atom is -0.507 e. The second-order valence-corrected chi connectivity index (χ2v) is 9.47. The Bertz CT molecular complexity index is 1520. The average Bonchev–Trinajstić information content (AvgIpc) is 3.48. The van der Waals surface area contributed by atoms with Crippen LogP contribution in [-0.4, -0.2) is 52.6 Å². The molecule has 0 spiro atoms. The first-order valence-electron chi connectivity index (χ1n) is 12.4. The van der Waals surface area contributed by atoms with E-state index in [9.17, 15) is 14.7 Å². The number of ketones is 1. The molecule has 3 heterocycles. The third-order valence-corrected chi connectivity index (χ3v) is 6.36. The summed E-state index contributed by atoms with van der Waals surface area (Å²) < 4.78 is 16.5. The van der Waals surface area contributed by atoms with Gasteiger partial charge < -0.3 is 24.3 Å². The van der Waals surface area contributed by atoms with Gasteiger partial charge in [-0.05, 0) is 41.8 Å². The molecule has 0 bridgehead atoms. The SMILES string of the molecule is COc1cc2nc(N3C(=O)C(=O)/C(=C(/O)c4ccc(OCC(C)C)cc4)C3c3cccnc3)[nH]c2cc1OC. The van der Waals surface area contributed by atoms with Crippen LogP contribution in [0.15, 0.2) is 66.5 Å². The molecule has 2 aromatic heterocycles. The number of aromatic amines is 1. The van der Waals surface area contributed by atoms with Gasteiger partial charge in [-0.25, -0.2) is 4.98 Å². The summed E-state index contributed by atoms with van der Waals surface area (Å²) in [5, 5.41) is 11.3. The number of imidazole rings is 1. The van der Waals surface area contributed by atoms with Crippen LogP contribution in [0.4, 0.5) is 5.95 Å². The summed E-state index contributed by atoms with van der Waals surface area (Å²) in [5.41, 5.74) is 1.92. The number of aromatic nitrogens is 3. The highest BCUT2D eigenvalue weighted by Crippen LogP contribution is 2.42. The molecule has 0 saturated carbocycles. The van der Waals surface area contributed by atoms with Crippen molar-refractivity contribution in [3.05, 3.63) is 77.6 Å². The van der Waals surface area contributed by atoms with Crippen molar-refractivity contribution in [2.75, 3.05) is 25.7 Å². The van der Waals surface area contributed by atoms with Crippen molar-refractivity contribution in [1.29, 1.82) is 0 Å². The van der Waals surface area contributed by atoms with Crippen LogP contribution in [0.3, 0.4) is 0 Å². The Morgan fingerprint density at radius 1 is 1.08 bits per heavy atom. The molecular weight excluding hydrogens is 500 g/mol. The van der Waals surface area contributed by atoms with Crippen LogP contribution in [0.5, 0.6) is 17.2 Å². The number of hydrogen-bond donors (Lipinski definition) is 2. The lowest BCUT2D eigenvalue weighted by Gasteiger charge is -2.22. The second kappa shape index (κ2) is 10.5. The van der Waals surface area contributed by atoms with Gasteiger partial charge in [0.15, 0.2) is 11.5 Å². The molecule has 10 nitrogen and oxygen atoms in total. The van der Waals surface area contributed by atoms with Crippen molar-refractivity contribution in [3.63, 3.8) is 0 Å². The summed E-state index contributed by atoms with van der Waals surface area (Å²) in [4.78, 5) is 40.0. The van der Waals surface area contributed by atoms with E-state index in [1.165, 1.54) is 19.1 Å². The zero-order valence-electron chi connectivity index (χ0n) is 22.0. The molecule has 1 aliphatic heterocycles. The van der Waals surface area contributed by atoms with Crippen LogP contribution in [0.25, 0.3) is 16.8 Å². The number of rotatable bonds is 8. The molecule has 2 aromatic carbocycles. The van der Waals surface area contributed by atoms with Gasteiger partial charge in [0.1, 0.15) is 11.5 Å². The van der Waals surface area contributed by atoms with E-state index in [1.54, 1.807) is 60.9 Å². The fraction of sp³-hybridized carbons (Fsp3) is 0.241. The smallest absolute Gasteiger partial charge is 0.302 e. The zero-order valence-corrected chi connectivity index (χ0v) is 22.0. The van der Waals surface area contributed by atoms with Gasteiger partial charge in [0.2, 0.25) is 5.95 Å². The Balaban J connectivity index is 1.61. The number of hydrogen-bond acceptors (Lipinski definition) is 8. The average molecular weight is 529 g/mol. The van der Waals surface area contributed by atoms with Crippen LogP contribution < -0.4 is 19.1 Å². The maximum atomic E-state index is 13.4. The quantitative estimate of drug-likeness (QED) is 0.192. The topological polar surface area (TPSA) is 127 Å². The number of nitrogens with one attached hydrogen (secondary N) is 1. The first-order valence-corrected chi connectivity index (χ1v) is 12.4. The number of ether oxygens (including phenoxy) is 3. The van der Waals surface area contributed by atoms with E-state index in [2.05, 4.69) is 15.0 Å². The third kappa shape index (κ3) is 4.76. The fourth-order valence-corrected chi connectivity index (χ4v) is 4.47. The lowest BCUT2D eigenvalue weighted by molar-refractivity contribution is -0.132. The van der Waals surface area contributed by atoms with E-state index in [1.807, 2.05) is 13.8 Å². The monoisotopic (exact) mass is 528 g/mol. The number of pyridine rings is 1. The van der Waals surface area contributed by atoms with Crippen LogP contribution in [-0.2, 0) is 9.59 Å². The standard InChI is InChI=1S/C29H28N4O6/c1-16(2)15-39-19-9-7-17(8-10-19)26(34)24-25(18-6-5-11-30-14-18)33(28(36)27(24)35)29-31-20-12-22(37-3)23(38-4)13-21(20)32-29/h5-14,16,25,34H,15H2,1-4H3,(H,31,32)/b26-24+. The van der Waals surface area contributed by atoms with E-state index in [0.717, 1.165) is 0 Å². The maximum absolute atomic E-state index is 13.4. The zero-order chi connectivity index (χ0) is 27.7. The van der Waals surface area contributed by atoms with Gasteiger partial charge in [-0.1, -0.05) is 19.9 Å². The van der Waals surface area contributed by atoms with Gasteiger partial charge in [-0.15, -0.1) is 0 Å². The van der Waals surface area contributed by atoms with Gasteiger partial charge in [-0.3, -0.25) is 19.5 Å². The van der Waals surface area contributed by atoms with Crippen LogP contribution in [0.1, 0.15) is 31.0 Å². The van der Waals surface area contributed by atoms with Crippen LogP contribution in [0.2, 0.25) is 0 Å². The lowest BCUT2D eigenvalue weighted by atomic mass is 9.96. The van der Waals surface area contributed by atoms with Crippen LogP contribution in [0, 0.1) is 5.92 Å². The van der Waals surface area contributed by atoms with Gasteiger partial charge >= 0.3 is 5.91 Å². The molecule has 1 saturated heterocycles. The molecule has 1 amide bonds. The van der Waals surface area contributed by atoms with Crippen molar-refractivity contribution in [2.24, 2.45) is 5.92 Å². The molecular formula is C29H28N4O6. The molecule has 1 fully saturated rings. The second-order valence-electron chi connectivity index (χ2n) is 9.47. The number of Topliss-reactive ketones (excluding diaryl/α,β-unsaturated/α-hetero) is 1. The number of benzene rings is 2. The normalized spacial score (nSPS) is 16.7. The van der Waals surface area contributed by atoms with E-state index in [-0.39, 0.29) is 17.3 Å². The summed E-state index contributed by atoms with van der Waals surface area (Å²) in [5.74, 6) is 0.0953. The number of amides is 1. The first kappa shape index (κ1) is 25.8. The summed E-state index contributed by atoms with van der Waals surface area (Å²) in [6.07, 6.45) is 3.14. The Hall–Kier alpha value is -4.86. The van der Waals surface area contributed by atoms with Gasteiger partial charge in [0, 0.05) is 30.1 Å². The highest BCUT2D eigenvalue weighted by Gasteiger charge is 2.48. The molecule has 1 aliphatic rings. The molecule has 0 radical (unpaired) electrons. The highest BCUT2D eigenvalue weighted by molar-refractivity contribution is 6.51. The molecule has 0 aliphatic carbocycles. The number of methoxy groups -OCH3 is 2. The number of H-pyrrole nitrogens is 1. The lowest BCUT2D eigenvalue weighted by Crippen LogP contribution is -2.30. The number of aliphatic hydroxyl groups excluding tert-OH is 1. The summed E-state index contributed by atoms with van der Waals surface area (Å²) in [6.45, 7) is 4.64. The molecule has 39 heavy (non-hydrogen) atoms. The minimum atomic E-state index is -0.972. The number of fused-ring (bicyclic) bond motifs is 1. The van der Waals surface area contributed by atoms with Gasteiger partial charge in [0.25, 0.3) is 5.78 Å². The van der Waals surface area contributed by atoms with Gasteiger partial charge in [-0.2, -0.15) is 0 Å². The molecule has 4 aromatic rings. The first-order chi connectivity index (χ1) is 18.8. The fourth-order valence-electron chi connectivity index (χ4n) is 4.47. The highest BCUT2D eigenvalue weighted by atomic mass is 16.5. The third-order valence-electron chi connectivity index (χ3n) is 6.36. The maximum Gasteiger partial charge on any atom is 0.302 e. The Labute approximate surface area is 224 Å². The number of aliphatic hydroxyl groups is 1. The predicted octanol–water partition coefficient (Wildman–Crippen LogP) is 4.64. The summed E-state index contributed by atoms with van der Waals surface area (Å²) >= 11 is 0. The Kier molecular flexibility index (Phi) is 6.93. The number of carbonyl (C=O) groups excluding carboxylic acids is 2. The minimum absolute atomic E-state index is 0.0699. The Morgan fingerprint density at radius 2 is 1.79 bits per heavy atom. The number of carbonyl (C=O) groups is 2. The molecule has 200 valence electrons. The summed E-state index contributed by atoms with van der Waals surface area (Å²) in [7, 11) is 3.03. The molecule has 2 N–H and O–H groups in total. The van der Waals surface area contributed by atoms with Crippen molar-refractivity contribution in [1.82, 2.24) is 15.0 Å². The molecule has 1 unspecified atom stereocenters. The van der Waals surface area contributed by atoms with E-state index in [4.69, 9.17) is 14.2 Å². The molecule has 1 atom stereocenters. The van der Waals surface area contributed by atoms with Crippen molar-refractivity contribution in [2.45, 2.75) is 19.9 Å². The largest absolute Gasteiger partial charge is 0.507 e. The number of anilines is 1. The van der Waals surface area contributed by atoms with E-state index in [0.29, 0.717) is 51.9 Å². The Morgan fingerprint density at radius 3 is 2.44 bits per heavy atom. The van der Waals surface area contributed by atoms with Crippen molar-refractivity contribution in [3.8, 4) is 17.2 Å². The molecule has 5 rings (SSSR count). The van der Waals surface area contributed by atoms with Gasteiger partial charge in [0.05, 0.1) is 43.5 Å². The van der Waals surface area contributed by atoms with E-state index < -0.39 is 17.7 Å². The summed E-state index contributed by atoms with van der Waals surface area (Å²) in [6, 6.07) is 12.6. The van der Waals surface area contributed by atoms with E-state index >= 15 is 0 Å². The van der Waals surface area contributed by atoms with Crippen molar-refractivity contribution >= 4 is 34.4 Å². The predicted molar refractivity (Wildman–Crippen MR) is 145 cm³/mol. The number of nitrogens with zero attached hydrogens (tertiary/aromatic N) is 3.